The fourth-order valence-electron chi connectivity index (χ4n) is 3.92. The number of aliphatic imine (C=N–C) groups is 1. The van der Waals surface area contributed by atoms with Crippen molar-refractivity contribution in [3.05, 3.63) is 46.7 Å². The van der Waals surface area contributed by atoms with Gasteiger partial charge in [0.15, 0.2) is 0 Å². The van der Waals surface area contributed by atoms with Crippen LogP contribution in [0, 0.1) is 6.92 Å². The first-order valence-corrected chi connectivity index (χ1v) is 10.5. The molecular formula is C21H22F2N8O. The van der Waals surface area contributed by atoms with E-state index in [1.54, 1.807) is 19.1 Å². The van der Waals surface area contributed by atoms with Crippen LogP contribution in [0.15, 0.2) is 27.8 Å². The van der Waals surface area contributed by atoms with Crippen molar-refractivity contribution in [2.75, 3.05) is 18.4 Å². The van der Waals surface area contributed by atoms with Crippen molar-refractivity contribution in [1.82, 2.24) is 30.4 Å². The van der Waals surface area contributed by atoms with Crippen molar-refractivity contribution < 1.29 is 13.3 Å². The molecule has 2 aliphatic rings. The van der Waals surface area contributed by atoms with Crippen molar-refractivity contribution in [1.29, 1.82) is 0 Å². The number of halogens is 2. The highest BCUT2D eigenvalue weighted by Crippen LogP contribution is 2.33. The van der Waals surface area contributed by atoms with Gasteiger partial charge in [-0.2, -0.15) is 4.98 Å². The molecule has 5 rings (SSSR count). The quantitative estimate of drug-likeness (QED) is 0.623. The summed E-state index contributed by atoms with van der Waals surface area (Å²) < 4.78 is 33.8. The van der Waals surface area contributed by atoms with Crippen LogP contribution in [0.1, 0.15) is 48.2 Å². The summed E-state index contributed by atoms with van der Waals surface area (Å²) in [5.74, 6) is -2.01. The first kappa shape index (κ1) is 20.6. The predicted octanol–water partition coefficient (Wildman–Crippen LogP) is 2.86. The molecule has 2 aliphatic heterocycles. The molecule has 1 fully saturated rings. The Kier molecular flexibility index (Phi) is 5.12. The second kappa shape index (κ2) is 7.97. The summed E-state index contributed by atoms with van der Waals surface area (Å²) in [7, 11) is 0. The maximum Gasteiger partial charge on any atom is 0.274 e. The SMILES string of the molecule is Cc1nc(-c2ccc3c(n2)CN=C3c2nc(N[C@H]3CCCNC3)ncc2C(C)(F)F)no1. The lowest BCUT2D eigenvalue weighted by molar-refractivity contribution is 0.0166. The number of hydrogen-bond donors (Lipinski definition) is 2. The summed E-state index contributed by atoms with van der Waals surface area (Å²) in [6.45, 7) is 4.53. The highest BCUT2D eigenvalue weighted by molar-refractivity contribution is 6.14. The molecule has 2 N–H and O–H groups in total. The van der Waals surface area contributed by atoms with Gasteiger partial charge in [-0.05, 0) is 31.5 Å². The molecule has 166 valence electrons. The van der Waals surface area contributed by atoms with Crippen LogP contribution in [-0.2, 0) is 12.5 Å². The van der Waals surface area contributed by atoms with E-state index < -0.39 is 5.92 Å². The van der Waals surface area contributed by atoms with Crippen molar-refractivity contribution in [3.8, 4) is 11.5 Å². The lowest BCUT2D eigenvalue weighted by Crippen LogP contribution is -2.39. The van der Waals surface area contributed by atoms with Crippen molar-refractivity contribution in [3.63, 3.8) is 0 Å². The molecule has 3 aromatic rings. The molecule has 0 amide bonds. The smallest absolute Gasteiger partial charge is 0.274 e. The molecule has 1 atom stereocenters. The van der Waals surface area contributed by atoms with Crippen LogP contribution < -0.4 is 10.6 Å². The van der Waals surface area contributed by atoms with Gasteiger partial charge in [0.1, 0.15) is 11.4 Å². The Balaban J connectivity index is 1.50. The number of hydrogen-bond acceptors (Lipinski definition) is 9. The third kappa shape index (κ3) is 3.95. The zero-order valence-electron chi connectivity index (χ0n) is 17.7. The van der Waals surface area contributed by atoms with E-state index >= 15 is 0 Å². The average molecular weight is 440 g/mol. The van der Waals surface area contributed by atoms with E-state index in [1.165, 1.54) is 6.20 Å². The molecule has 0 spiro atoms. The van der Waals surface area contributed by atoms with Crippen LogP contribution in [0.2, 0.25) is 0 Å². The van der Waals surface area contributed by atoms with Gasteiger partial charge in [0.2, 0.25) is 17.7 Å². The second-order valence-electron chi connectivity index (χ2n) is 8.02. The molecule has 32 heavy (non-hydrogen) atoms. The zero-order chi connectivity index (χ0) is 22.3. The minimum atomic E-state index is -3.12. The molecule has 0 bridgehead atoms. The molecule has 9 nitrogen and oxygen atoms in total. The predicted molar refractivity (Wildman–Crippen MR) is 113 cm³/mol. The van der Waals surface area contributed by atoms with Gasteiger partial charge in [-0.15, -0.1) is 0 Å². The Labute approximate surface area is 182 Å². The van der Waals surface area contributed by atoms with Gasteiger partial charge in [0.05, 0.1) is 23.5 Å². The number of fused-ring (bicyclic) bond motifs is 1. The number of anilines is 1. The highest BCUT2D eigenvalue weighted by atomic mass is 19.3. The number of pyridine rings is 1. The van der Waals surface area contributed by atoms with Gasteiger partial charge in [-0.25, -0.2) is 23.7 Å². The monoisotopic (exact) mass is 440 g/mol. The number of alkyl halides is 2. The van der Waals surface area contributed by atoms with Gasteiger partial charge in [0, 0.05) is 38.2 Å². The lowest BCUT2D eigenvalue weighted by Gasteiger charge is -2.24. The van der Waals surface area contributed by atoms with Gasteiger partial charge in [-0.1, -0.05) is 5.16 Å². The topological polar surface area (TPSA) is 114 Å². The fourth-order valence-corrected chi connectivity index (χ4v) is 3.92. The summed E-state index contributed by atoms with van der Waals surface area (Å²) in [6.07, 6.45) is 3.18. The van der Waals surface area contributed by atoms with Crippen LogP contribution in [0.5, 0.6) is 0 Å². The summed E-state index contributed by atoms with van der Waals surface area (Å²) in [5, 5.41) is 10.4. The van der Waals surface area contributed by atoms with Crippen LogP contribution in [-0.4, -0.2) is 49.9 Å². The maximum absolute atomic E-state index is 14.4. The molecule has 3 aromatic heterocycles. The normalized spacial score (nSPS) is 18.4. The highest BCUT2D eigenvalue weighted by Gasteiger charge is 2.34. The number of aromatic nitrogens is 5. The Morgan fingerprint density at radius 2 is 2.09 bits per heavy atom. The number of nitrogens with zero attached hydrogens (tertiary/aromatic N) is 6. The molecule has 0 saturated carbocycles. The van der Waals surface area contributed by atoms with Crippen LogP contribution in [0.25, 0.3) is 11.5 Å². The molecule has 0 aliphatic carbocycles. The van der Waals surface area contributed by atoms with E-state index in [0.29, 0.717) is 40.3 Å². The fraction of sp³-hybridized carbons (Fsp3) is 0.429. The van der Waals surface area contributed by atoms with E-state index in [4.69, 9.17) is 4.52 Å². The Morgan fingerprint density at radius 3 is 2.81 bits per heavy atom. The van der Waals surface area contributed by atoms with Crippen LogP contribution in [0.3, 0.4) is 0 Å². The molecular weight excluding hydrogens is 418 g/mol. The van der Waals surface area contributed by atoms with E-state index in [-0.39, 0.29) is 23.8 Å². The standard InChI is InChI=1S/C21H22F2N8O/c1-11-27-19(31-32-11)15-6-5-13-16(29-15)10-25-17(13)18-14(21(2,22)23)9-26-20(30-18)28-12-4-3-7-24-8-12/h5-6,9,12,24H,3-4,7-8,10H2,1-2H3,(H,26,28,30)/t12-/m0/s1. The summed E-state index contributed by atoms with van der Waals surface area (Å²) >= 11 is 0. The Hall–Kier alpha value is -3.34. The van der Waals surface area contributed by atoms with Gasteiger partial charge in [-0.3, -0.25) is 4.99 Å². The lowest BCUT2D eigenvalue weighted by atomic mass is 10.0. The Bertz CT molecular complexity index is 1180. The minimum Gasteiger partial charge on any atom is -0.350 e. The molecule has 11 heteroatoms. The maximum atomic E-state index is 14.4. The number of aryl methyl sites for hydroxylation is 1. The molecule has 0 radical (unpaired) electrons. The average Bonchev–Trinajstić information content (AvgIpc) is 3.39. The van der Waals surface area contributed by atoms with Crippen molar-refractivity contribution >= 4 is 11.7 Å². The van der Waals surface area contributed by atoms with Crippen molar-refractivity contribution in [2.24, 2.45) is 4.99 Å². The summed E-state index contributed by atoms with van der Waals surface area (Å²) in [5.41, 5.74) is 2.06. The third-order valence-electron chi connectivity index (χ3n) is 5.49. The Morgan fingerprint density at radius 1 is 1.22 bits per heavy atom. The largest absolute Gasteiger partial charge is 0.350 e. The van der Waals surface area contributed by atoms with Gasteiger partial charge < -0.3 is 15.2 Å². The molecule has 5 heterocycles. The summed E-state index contributed by atoms with van der Waals surface area (Å²) in [4.78, 5) is 21.9. The molecule has 0 aromatic carbocycles. The van der Waals surface area contributed by atoms with Gasteiger partial charge >= 0.3 is 0 Å². The minimum absolute atomic E-state index is 0.113. The van der Waals surface area contributed by atoms with Crippen LogP contribution in [0.4, 0.5) is 14.7 Å². The second-order valence-corrected chi connectivity index (χ2v) is 8.02. The first-order valence-electron chi connectivity index (χ1n) is 10.5. The van der Waals surface area contributed by atoms with E-state index in [9.17, 15) is 8.78 Å². The van der Waals surface area contributed by atoms with Crippen LogP contribution >= 0.6 is 0 Å². The summed E-state index contributed by atoms with van der Waals surface area (Å²) in [6, 6.07) is 3.65. The van der Waals surface area contributed by atoms with Gasteiger partial charge in [0.25, 0.3) is 5.92 Å². The van der Waals surface area contributed by atoms with E-state index in [1.807, 2.05) is 0 Å². The number of rotatable bonds is 5. The van der Waals surface area contributed by atoms with Crippen molar-refractivity contribution in [2.45, 2.75) is 45.2 Å². The molecule has 0 unspecified atom stereocenters. The number of nitrogens with one attached hydrogen (secondary N) is 2. The zero-order valence-corrected chi connectivity index (χ0v) is 17.7. The number of piperidine rings is 1. The molecule has 1 saturated heterocycles. The first-order chi connectivity index (χ1) is 15.4. The van der Waals surface area contributed by atoms with E-state index in [0.717, 1.165) is 32.9 Å². The van der Waals surface area contributed by atoms with E-state index in [2.05, 4.69) is 40.7 Å². The third-order valence-corrected chi connectivity index (χ3v) is 5.49.